The summed E-state index contributed by atoms with van der Waals surface area (Å²) in [4.78, 5) is 14.3. The van der Waals surface area contributed by atoms with Gasteiger partial charge in [0, 0.05) is 48.6 Å². The first-order valence-electron chi connectivity index (χ1n) is 9.95. The van der Waals surface area contributed by atoms with Crippen molar-refractivity contribution in [1.29, 1.82) is 0 Å². The van der Waals surface area contributed by atoms with E-state index >= 15 is 0 Å². The number of hydrogen-bond donors (Lipinski definition) is 1. The molecule has 152 valence electrons. The highest BCUT2D eigenvalue weighted by atomic mass is 31.2. The molecule has 1 fully saturated rings. The van der Waals surface area contributed by atoms with Crippen molar-refractivity contribution in [3.63, 3.8) is 0 Å². The van der Waals surface area contributed by atoms with Crippen molar-refractivity contribution >= 4 is 23.2 Å². The van der Waals surface area contributed by atoms with Crippen LogP contribution in [0.15, 0.2) is 47.3 Å². The molecule has 4 rings (SSSR count). The first kappa shape index (κ1) is 20.0. The molecule has 5 nitrogen and oxygen atoms in total. The average molecular weight is 413 g/mol. The molecule has 3 aromatic rings. The van der Waals surface area contributed by atoms with Gasteiger partial charge in [0.25, 0.3) is 5.56 Å². The molecule has 0 unspecified atom stereocenters. The second-order valence-electron chi connectivity index (χ2n) is 7.97. The van der Waals surface area contributed by atoms with Crippen LogP contribution in [0, 0.1) is 5.82 Å². The predicted octanol–water partition coefficient (Wildman–Crippen LogP) is 3.37. The van der Waals surface area contributed by atoms with Gasteiger partial charge in [0.1, 0.15) is 13.0 Å². The molecule has 0 amide bonds. The summed E-state index contributed by atoms with van der Waals surface area (Å²) in [5, 5.41) is 8.45. The summed E-state index contributed by atoms with van der Waals surface area (Å²) in [5.41, 5.74) is 1.32. The number of nitrogens with zero attached hydrogens (tertiary/aromatic N) is 2. The molecule has 0 spiro atoms. The molecule has 0 atom stereocenters. The number of aromatic amines is 1. The van der Waals surface area contributed by atoms with Gasteiger partial charge in [0.05, 0.1) is 11.1 Å². The molecule has 2 heterocycles. The second-order valence-corrected chi connectivity index (χ2v) is 11.1. The van der Waals surface area contributed by atoms with Gasteiger partial charge < -0.3 is 4.57 Å². The Morgan fingerprint density at radius 2 is 1.83 bits per heavy atom. The maximum absolute atomic E-state index is 14.7. The summed E-state index contributed by atoms with van der Waals surface area (Å²) in [5.74, 6) is -0.394. The van der Waals surface area contributed by atoms with Crippen LogP contribution in [0.25, 0.3) is 10.8 Å². The van der Waals surface area contributed by atoms with Crippen LogP contribution in [-0.2, 0) is 11.0 Å². The summed E-state index contributed by atoms with van der Waals surface area (Å²) in [6.07, 6.45) is 1.44. The van der Waals surface area contributed by atoms with Crippen molar-refractivity contribution < 1.29 is 8.96 Å². The smallest absolute Gasteiger partial charge is 0.272 e. The first-order chi connectivity index (χ1) is 13.9. The van der Waals surface area contributed by atoms with Gasteiger partial charge >= 0.3 is 0 Å². The van der Waals surface area contributed by atoms with Crippen LogP contribution >= 0.6 is 7.14 Å². The maximum Gasteiger partial charge on any atom is 0.272 e. The largest absolute Gasteiger partial charge is 0.318 e. The van der Waals surface area contributed by atoms with E-state index in [2.05, 4.69) is 28.9 Å². The molecule has 1 aliphatic rings. The summed E-state index contributed by atoms with van der Waals surface area (Å²) >= 11 is 0. The minimum atomic E-state index is -2.76. The lowest BCUT2D eigenvalue weighted by Gasteiger charge is -2.35. The van der Waals surface area contributed by atoms with Gasteiger partial charge in [-0.25, -0.2) is 9.49 Å². The monoisotopic (exact) mass is 413 g/mol. The number of hydrogen-bond acceptors (Lipinski definition) is 4. The fraction of sp³-hybridized carbons (Fsp3) is 0.364. The Bertz CT molecular complexity index is 1150. The van der Waals surface area contributed by atoms with Gasteiger partial charge in [0.15, 0.2) is 0 Å². The van der Waals surface area contributed by atoms with Gasteiger partial charge in [0.2, 0.25) is 0 Å². The Labute approximate surface area is 169 Å². The van der Waals surface area contributed by atoms with Crippen molar-refractivity contribution in [3.8, 4) is 0 Å². The van der Waals surface area contributed by atoms with E-state index in [1.807, 2.05) is 18.2 Å². The van der Waals surface area contributed by atoms with Gasteiger partial charge in [-0.1, -0.05) is 24.3 Å². The minimum Gasteiger partial charge on any atom is -0.318 e. The van der Waals surface area contributed by atoms with Gasteiger partial charge in [-0.15, -0.1) is 0 Å². The standard InChI is InChI=1S/C22H25FN3O2P/c1-15(2)26-9-11-29(28,12-10-26)21-14-16(7-8-19(21)23)13-20-17-5-3-4-6-18(17)22(27)25-24-20/h3-8,14-15H,9-13H2,1-2H3,(H,25,27). The average Bonchev–Trinajstić information content (AvgIpc) is 2.72. The fourth-order valence-electron chi connectivity index (χ4n) is 4.04. The molecular weight excluding hydrogens is 388 g/mol. The molecule has 0 aliphatic carbocycles. The number of H-pyrrole nitrogens is 1. The number of benzene rings is 2. The Hall–Kier alpha value is -2.30. The molecule has 7 heteroatoms. The van der Waals surface area contributed by atoms with Crippen LogP contribution in [0.3, 0.4) is 0 Å². The van der Waals surface area contributed by atoms with Crippen molar-refractivity contribution in [2.45, 2.75) is 26.3 Å². The Morgan fingerprint density at radius 1 is 1.14 bits per heavy atom. The number of aromatic nitrogens is 2. The lowest BCUT2D eigenvalue weighted by Crippen LogP contribution is -2.41. The third-order valence-corrected chi connectivity index (χ3v) is 8.89. The van der Waals surface area contributed by atoms with Crippen molar-refractivity contribution in [1.82, 2.24) is 15.1 Å². The zero-order chi connectivity index (χ0) is 20.6. The Balaban J connectivity index is 1.66. The van der Waals surface area contributed by atoms with Gasteiger partial charge in [-0.2, -0.15) is 5.10 Å². The first-order valence-corrected chi connectivity index (χ1v) is 12.0. The molecule has 2 aromatic carbocycles. The topological polar surface area (TPSA) is 66.1 Å². The SMILES string of the molecule is CC(C)N1CCP(=O)(c2cc(Cc3n[nH]c(=O)c4ccccc34)ccc2F)CC1. The third-order valence-electron chi connectivity index (χ3n) is 5.82. The third kappa shape index (κ3) is 3.92. The molecule has 0 bridgehead atoms. The van der Waals surface area contributed by atoms with Crippen LogP contribution < -0.4 is 10.9 Å². The summed E-state index contributed by atoms with van der Waals surface area (Å²) < 4.78 is 28.2. The van der Waals surface area contributed by atoms with Crippen LogP contribution in [0.2, 0.25) is 0 Å². The van der Waals surface area contributed by atoms with E-state index in [-0.39, 0.29) is 5.56 Å². The highest BCUT2D eigenvalue weighted by molar-refractivity contribution is 7.71. The van der Waals surface area contributed by atoms with Crippen molar-refractivity contribution in [2.75, 3.05) is 25.4 Å². The minimum absolute atomic E-state index is 0.231. The Kier molecular flexibility index (Phi) is 5.41. The Morgan fingerprint density at radius 3 is 2.52 bits per heavy atom. The molecule has 0 saturated carbocycles. The van der Waals surface area contributed by atoms with Crippen LogP contribution in [0.5, 0.6) is 0 Å². The van der Waals surface area contributed by atoms with Gasteiger partial charge in [-0.3, -0.25) is 9.69 Å². The van der Waals surface area contributed by atoms with E-state index in [1.165, 1.54) is 6.07 Å². The molecule has 1 aromatic heterocycles. The number of nitrogens with one attached hydrogen (secondary N) is 1. The van der Waals surface area contributed by atoms with Crippen LogP contribution in [0.1, 0.15) is 25.1 Å². The zero-order valence-corrected chi connectivity index (χ0v) is 17.6. The van der Waals surface area contributed by atoms with E-state index < -0.39 is 13.0 Å². The molecule has 1 N–H and O–H groups in total. The predicted molar refractivity (Wildman–Crippen MR) is 115 cm³/mol. The quantitative estimate of drug-likeness (QED) is 0.666. The normalized spacial score (nSPS) is 17.1. The number of rotatable bonds is 4. The lowest BCUT2D eigenvalue weighted by molar-refractivity contribution is 0.240. The van der Waals surface area contributed by atoms with Crippen LogP contribution in [0.4, 0.5) is 4.39 Å². The molecular formula is C22H25FN3O2P. The maximum atomic E-state index is 14.7. The molecule has 1 saturated heterocycles. The molecule has 1 aliphatic heterocycles. The van der Waals surface area contributed by atoms with E-state index in [4.69, 9.17) is 0 Å². The van der Waals surface area contributed by atoms with E-state index in [1.54, 1.807) is 18.2 Å². The number of fused-ring (bicyclic) bond motifs is 1. The van der Waals surface area contributed by atoms with Gasteiger partial charge in [-0.05, 0) is 37.6 Å². The van der Waals surface area contributed by atoms with E-state index in [9.17, 15) is 13.8 Å². The highest BCUT2D eigenvalue weighted by Gasteiger charge is 2.33. The second kappa shape index (κ2) is 7.85. The summed E-state index contributed by atoms with van der Waals surface area (Å²) in [6.45, 7) is 5.70. The van der Waals surface area contributed by atoms with E-state index in [0.29, 0.717) is 41.2 Å². The zero-order valence-electron chi connectivity index (χ0n) is 16.7. The fourth-order valence-corrected chi connectivity index (χ4v) is 6.77. The van der Waals surface area contributed by atoms with Crippen LogP contribution in [-0.4, -0.2) is 46.6 Å². The van der Waals surface area contributed by atoms with E-state index in [0.717, 1.165) is 24.0 Å². The lowest BCUT2D eigenvalue weighted by atomic mass is 10.0. The molecule has 29 heavy (non-hydrogen) atoms. The highest BCUT2D eigenvalue weighted by Crippen LogP contribution is 2.47. The van der Waals surface area contributed by atoms with Crippen molar-refractivity contribution in [2.24, 2.45) is 0 Å². The molecule has 0 radical (unpaired) electrons. The summed E-state index contributed by atoms with van der Waals surface area (Å²) in [6, 6.07) is 12.6. The number of halogens is 1. The summed E-state index contributed by atoms with van der Waals surface area (Å²) in [7, 11) is -2.76. The van der Waals surface area contributed by atoms with Crippen molar-refractivity contribution in [3.05, 3.63) is 69.9 Å².